The lowest BCUT2D eigenvalue weighted by molar-refractivity contribution is -0.384. The Balaban J connectivity index is 2.95. The average molecular weight is 322 g/mol. The van der Waals surface area contributed by atoms with E-state index in [1.165, 1.54) is 6.92 Å². The summed E-state index contributed by atoms with van der Waals surface area (Å²) in [6.45, 7) is 1.47. The third kappa shape index (κ3) is 4.04. The van der Waals surface area contributed by atoms with E-state index in [0.717, 1.165) is 12.1 Å². The number of aliphatic hydroxyl groups excluding tert-OH is 1. The van der Waals surface area contributed by atoms with Crippen LogP contribution in [0.5, 0.6) is 0 Å². The van der Waals surface area contributed by atoms with Gasteiger partial charge in [-0.1, -0.05) is 23.2 Å². The van der Waals surface area contributed by atoms with Crippen LogP contribution in [0.15, 0.2) is 12.1 Å². The Morgan fingerprint density at radius 1 is 1.55 bits per heavy atom. The highest BCUT2D eigenvalue weighted by molar-refractivity contribution is 6.44. The van der Waals surface area contributed by atoms with Gasteiger partial charge in [0.05, 0.1) is 26.6 Å². The lowest BCUT2D eigenvalue weighted by Crippen LogP contribution is -2.43. The van der Waals surface area contributed by atoms with E-state index in [1.54, 1.807) is 0 Å². The molecule has 0 saturated carbocycles. The largest absolute Gasteiger partial charge is 0.392 e. The molecule has 0 spiro atoms. The van der Waals surface area contributed by atoms with Crippen molar-refractivity contribution in [3.63, 3.8) is 0 Å². The number of benzene rings is 1. The van der Waals surface area contributed by atoms with Crippen LogP contribution in [0.2, 0.25) is 10.0 Å². The van der Waals surface area contributed by atoms with Gasteiger partial charge in [-0.25, -0.2) is 0 Å². The topological polar surface area (TPSA) is 118 Å². The van der Waals surface area contributed by atoms with E-state index in [9.17, 15) is 20.0 Å². The number of carbonyl (C=O) groups is 1. The first kappa shape index (κ1) is 16.6. The Morgan fingerprint density at radius 3 is 2.65 bits per heavy atom. The average Bonchev–Trinajstić information content (AvgIpc) is 2.37. The number of rotatable bonds is 5. The van der Waals surface area contributed by atoms with Crippen LogP contribution in [0.4, 0.5) is 5.69 Å². The fraction of sp³-hybridized carbons (Fsp3) is 0.364. The number of nitrogens with two attached hydrogens (primary N) is 1. The molecule has 9 heteroatoms. The van der Waals surface area contributed by atoms with E-state index in [4.69, 9.17) is 28.9 Å². The molecule has 0 aliphatic heterocycles. The van der Waals surface area contributed by atoms with Gasteiger partial charge in [0, 0.05) is 24.7 Å². The predicted molar refractivity (Wildman–Crippen MR) is 75.1 cm³/mol. The zero-order chi connectivity index (χ0) is 15.4. The van der Waals surface area contributed by atoms with Gasteiger partial charge in [0.15, 0.2) is 0 Å². The molecule has 0 fully saturated rings. The van der Waals surface area contributed by atoms with Gasteiger partial charge in [-0.2, -0.15) is 0 Å². The van der Waals surface area contributed by atoms with Gasteiger partial charge in [0.2, 0.25) is 0 Å². The SMILES string of the molecule is CC(O)C(N)CNC(=O)c1cc([N+](=O)[O-])cc(Cl)c1Cl. The van der Waals surface area contributed by atoms with E-state index < -0.39 is 23.0 Å². The second-order valence-electron chi connectivity index (χ2n) is 4.16. The number of hydrogen-bond donors (Lipinski definition) is 3. The summed E-state index contributed by atoms with van der Waals surface area (Å²) in [6.07, 6.45) is -0.806. The molecule has 7 nitrogen and oxygen atoms in total. The molecule has 1 aromatic carbocycles. The number of nitro benzene ring substituents is 1. The molecule has 2 unspecified atom stereocenters. The number of amides is 1. The molecule has 0 aromatic heterocycles. The van der Waals surface area contributed by atoms with Crippen molar-refractivity contribution in [2.45, 2.75) is 19.1 Å². The normalized spacial score (nSPS) is 13.7. The third-order valence-corrected chi connectivity index (χ3v) is 3.39. The maximum Gasteiger partial charge on any atom is 0.271 e. The predicted octanol–water partition coefficient (Wildman–Crippen LogP) is 1.34. The third-order valence-electron chi connectivity index (χ3n) is 2.59. The number of nitrogens with one attached hydrogen (secondary N) is 1. The molecule has 1 rings (SSSR count). The zero-order valence-corrected chi connectivity index (χ0v) is 12.0. The van der Waals surface area contributed by atoms with E-state index in [2.05, 4.69) is 5.32 Å². The van der Waals surface area contributed by atoms with Crippen LogP contribution in [-0.2, 0) is 0 Å². The van der Waals surface area contributed by atoms with Crippen molar-refractivity contribution in [3.8, 4) is 0 Å². The molecule has 0 bridgehead atoms. The number of nitro groups is 1. The monoisotopic (exact) mass is 321 g/mol. The molecule has 0 radical (unpaired) electrons. The van der Waals surface area contributed by atoms with Crippen LogP contribution in [0.1, 0.15) is 17.3 Å². The van der Waals surface area contributed by atoms with E-state index >= 15 is 0 Å². The summed E-state index contributed by atoms with van der Waals surface area (Å²) >= 11 is 11.6. The van der Waals surface area contributed by atoms with Gasteiger partial charge >= 0.3 is 0 Å². The summed E-state index contributed by atoms with van der Waals surface area (Å²) in [5.74, 6) is -0.656. The number of hydrogen-bond acceptors (Lipinski definition) is 5. The van der Waals surface area contributed by atoms with Crippen molar-refractivity contribution >= 4 is 34.8 Å². The van der Waals surface area contributed by atoms with Crippen molar-refractivity contribution in [2.24, 2.45) is 5.73 Å². The van der Waals surface area contributed by atoms with Gasteiger partial charge < -0.3 is 16.2 Å². The number of aliphatic hydroxyl groups is 1. The van der Waals surface area contributed by atoms with Crippen LogP contribution in [0.3, 0.4) is 0 Å². The van der Waals surface area contributed by atoms with Crippen molar-refractivity contribution in [1.82, 2.24) is 5.32 Å². The van der Waals surface area contributed by atoms with Gasteiger partial charge in [-0.3, -0.25) is 14.9 Å². The lowest BCUT2D eigenvalue weighted by Gasteiger charge is -2.15. The van der Waals surface area contributed by atoms with Gasteiger partial charge in [0.25, 0.3) is 11.6 Å². The van der Waals surface area contributed by atoms with E-state index in [0.29, 0.717) is 0 Å². The number of non-ortho nitro benzene ring substituents is 1. The minimum atomic E-state index is -0.806. The van der Waals surface area contributed by atoms with Crippen molar-refractivity contribution in [1.29, 1.82) is 0 Å². The van der Waals surface area contributed by atoms with Crippen molar-refractivity contribution in [3.05, 3.63) is 37.9 Å². The molecule has 4 N–H and O–H groups in total. The summed E-state index contributed by atoms with van der Waals surface area (Å²) in [6, 6.07) is 1.42. The fourth-order valence-electron chi connectivity index (χ4n) is 1.32. The Kier molecular flexibility index (Phi) is 5.70. The highest BCUT2D eigenvalue weighted by atomic mass is 35.5. The van der Waals surface area contributed by atoms with E-state index in [-0.39, 0.29) is 27.8 Å². The molecule has 0 aliphatic rings. The first-order chi connectivity index (χ1) is 9.23. The molecule has 1 amide bonds. The molecule has 0 saturated heterocycles. The van der Waals surface area contributed by atoms with E-state index in [1.807, 2.05) is 0 Å². The molecule has 1 aromatic rings. The minimum Gasteiger partial charge on any atom is -0.392 e. The maximum absolute atomic E-state index is 11.9. The Labute approximate surface area is 124 Å². The highest BCUT2D eigenvalue weighted by Crippen LogP contribution is 2.30. The second kappa shape index (κ2) is 6.85. The Morgan fingerprint density at radius 2 is 2.15 bits per heavy atom. The molecule has 0 heterocycles. The Hall–Kier alpha value is -1.41. The summed E-state index contributed by atoms with van der Waals surface area (Å²) in [5, 5.41) is 22.2. The lowest BCUT2D eigenvalue weighted by atomic mass is 10.1. The number of carbonyl (C=O) groups excluding carboxylic acids is 1. The van der Waals surface area contributed by atoms with Crippen molar-refractivity contribution < 1.29 is 14.8 Å². The standard InChI is InChI=1S/C11H13Cl2N3O4/c1-5(17)9(14)4-15-11(18)7-2-6(16(19)20)3-8(12)10(7)13/h2-3,5,9,17H,4,14H2,1H3,(H,15,18). The fourth-order valence-corrected chi connectivity index (χ4v) is 1.73. The number of nitrogens with zero attached hydrogens (tertiary/aromatic N) is 1. The summed E-state index contributed by atoms with van der Waals surface area (Å²) < 4.78 is 0. The molecular weight excluding hydrogens is 309 g/mol. The molecule has 110 valence electrons. The molecule has 0 aliphatic carbocycles. The summed E-state index contributed by atoms with van der Waals surface area (Å²) in [7, 11) is 0. The van der Waals surface area contributed by atoms with Crippen LogP contribution in [-0.4, -0.2) is 34.6 Å². The zero-order valence-electron chi connectivity index (χ0n) is 10.5. The van der Waals surface area contributed by atoms with Gasteiger partial charge in [0.1, 0.15) is 0 Å². The van der Waals surface area contributed by atoms with Crippen LogP contribution in [0, 0.1) is 10.1 Å². The molecular formula is C11H13Cl2N3O4. The maximum atomic E-state index is 11.9. The quantitative estimate of drug-likeness (QED) is 0.558. The van der Waals surface area contributed by atoms with Crippen molar-refractivity contribution in [2.75, 3.05) is 6.54 Å². The second-order valence-corrected chi connectivity index (χ2v) is 4.95. The smallest absolute Gasteiger partial charge is 0.271 e. The summed E-state index contributed by atoms with van der Waals surface area (Å²) in [4.78, 5) is 21.9. The first-order valence-corrected chi connectivity index (χ1v) is 6.35. The molecule has 2 atom stereocenters. The van der Waals surface area contributed by atoms with Gasteiger partial charge in [-0.15, -0.1) is 0 Å². The van der Waals surface area contributed by atoms with Gasteiger partial charge in [-0.05, 0) is 6.92 Å². The summed E-state index contributed by atoms with van der Waals surface area (Å²) in [5.41, 5.74) is 5.09. The number of halogens is 2. The highest BCUT2D eigenvalue weighted by Gasteiger charge is 2.20. The molecule has 20 heavy (non-hydrogen) atoms. The first-order valence-electron chi connectivity index (χ1n) is 5.59. The van der Waals surface area contributed by atoms with Crippen LogP contribution >= 0.6 is 23.2 Å². The Bertz CT molecular complexity index is 537. The van der Waals surface area contributed by atoms with Crippen LogP contribution in [0.25, 0.3) is 0 Å². The van der Waals surface area contributed by atoms with Crippen LogP contribution < -0.4 is 11.1 Å². The minimum absolute atomic E-state index is 0.00681.